The molecule has 1 heterocycles. The summed E-state index contributed by atoms with van der Waals surface area (Å²) in [6.07, 6.45) is -5.63. The second-order valence-electron chi connectivity index (χ2n) is 8.04. The minimum atomic E-state index is -1.51. The van der Waals surface area contributed by atoms with E-state index in [-0.39, 0.29) is 6.73 Å². The molecule has 0 unspecified atom stereocenters. The summed E-state index contributed by atoms with van der Waals surface area (Å²) >= 11 is 1.31. The molecule has 0 N–H and O–H groups in total. The molecular weight excluding hydrogens is 510 g/mol. The van der Waals surface area contributed by atoms with E-state index in [0.29, 0.717) is 0 Å². The molecule has 1 aliphatic rings. The highest BCUT2D eigenvalue weighted by molar-refractivity contribution is 8.00. The van der Waals surface area contributed by atoms with Gasteiger partial charge in [0.25, 0.3) is 0 Å². The number of rotatable bonds is 12. The van der Waals surface area contributed by atoms with Crippen molar-refractivity contribution in [3.63, 3.8) is 0 Å². The van der Waals surface area contributed by atoms with E-state index >= 15 is 0 Å². The van der Waals surface area contributed by atoms with Crippen molar-refractivity contribution in [1.82, 2.24) is 0 Å². The minimum absolute atomic E-state index is 0.0816. The molecule has 5 atom stereocenters. The van der Waals surface area contributed by atoms with E-state index < -0.39 is 66.2 Å². The fourth-order valence-corrected chi connectivity index (χ4v) is 5.17. The number of anilines is 1. The summed E-state index contributed by atoms with van der Waals surface area (Å²) in [7, 11) is 1.49. The normalized spacial score (nSPS) is 17.5. The quantitative estimate of drug-likeness (QED) is 0.280. The number of para-hydroxylation sites is 1. The molecule has 0 saturated carbocycles. The maximum atomic E-state index is 12.3. The van der Waals surface area contributed by atoms with Crippen LogP contribution in [0.1, 0.15) is 34.6 Å². The van der Waals surface area contributed by atoms with Gasteiger partial charge in [-0.25, -0.2) is 0 Å². The molecule has 2 rings (SSSR count). The number of hydrogen-bond donors (Lipinski definition) is 0. The number of esters is 5. The standard InChI is InChI=1S/C24H31NO11S/c1-13(26)32-11-19(33-14(2)27)21(34-15(3)28)22(35-16(4)29)23(36-17(5)30)24-25(12-31-6)18-9-7-8-10-20(18)37-24/h7-10,19,21-24H,11-12H2,1-6H3/t19-,21+,22+,23+,24-/m1/s1. The Kier molecular flexibility index (Phi) is 11.2. The van der Waals surface area contributed by atoms with E-state index in [0.717, 1.165) is 38.3 Å². The number of thioether (sulfide) groups is 1. The van der Waals surface area contributed by atoms with Crippen LogP contribution in [0.25, 0.3) is 0 Å². The molecule has 204 valence electrons. The van der Waals surface area contributed by atoms with Gasteiger partial charge < -0.3 is 33.3 Å². The predicted octanol–water partition coefficient (Wildman–Crippen LogP) is 1.82. The number of benzene rings is 1. The van der Waals surface area contributed by atoms with Crippen molar-refractivity contribution < 1.29 is 52.4 Å². The van der Waals surface area contributed by atoms with Crippen LogP contribution in [0.3, 0.4) is 0 Å². The first-order valence-corrected chi connectivity index (χ1v) is 12.2. The van der Waals surface area contributed by atoms with Gasteiger partial charge in [-0.15, -0.1) is 0 Å². The summed E-state index contributed by atoms with van der Waals surface area (Å²) < 4.78 is 32.4. The summed E-state index contributed by atoms with van der Waals surface area (Å²) in [6.45, 7) is 5.22. The lowest BCUT2D eigenvalue weighted by atomic mass is 10.0. The van der Waals surface area contributed by atoms with Crippen LogP contribution in [0.15, 0.2) is 29.2 Å². The van der Waals surface area contributed by atoms with Crippen LogP contribution >= 0.6 is 11.8 Å². The third-order valence-corrected chi connectivity index (χ3v) is 6.33. The Balaban J connectivity index is 2.63. The Bertz CT molecular complexity index is 1000. The number of carbonyl (C=O) groups excluding carboxylic acids is 5. The first-order valence-electron chi connectivity index (χ1n) is 11.3. The number of fused-ring (bicyclic) bond motifs is 1. The van der Waals surface area contributed by atoms with Gasteiger partial charge in [0.2, 0.25) is 0 Å². The number of nitrogens with zero attached hydrogens (tertiary/aromatic N) is 1. The summed E-state index contributed by atoms with van der Waals surface area (Å²) in [4.78, 5) is 62.7. The lowest BCUT2D eigenvalue weighted by Gasteiger charge is -2.39. The van der Waals surface area contributed by atoms with Crippen LogP contribution < -0.4 is 4.90 Å². The Morgan fingerprint density at radius 2 is 1.38 bits per heavy atom. The zero-order valence-electron chi connectivity index (χ0n) is 21.5. The van der Waals surface area contributed by atoms with E-state index in [4.69, 9.17) is 28.4 Å². The molecule has 37 heavy (non-hydrogen) atoms. The molecule has 12 nitrogen and oxygen atoms in total. The van der Waals surface area contributed by atoms with Crippen LogP contribution in [0, 0.1) is 0 Å². The lowest BCUT2D eigenvalue weighted by molar-refractivity contribution is -0.202. The maximum Gasteiger partial charge on any atom is 0.303 e. The average molecular weight is 542 g/mol. The van der Waals surface area contributed by atoms with Gasteiger partial charge in [0.1, 0.15) is 18.7 Å². The Morgan fingerprint density at radius 1 is 0.811 bits per heavy atom. The number of carbonyl (C=O) groups is 5. The van der Waals surface area contributed by atoms with Gasteiger partial charge in [0.15, 0.2) is 24.4 Å². The van der Waals surface area contributed by atoms with Crippen molar-refractivity contribution in [1.29, 1.82) is 0 Å². The minimum Gasteiger partial charge on any atom is -0.462 e. The third kappa shape index (κ3) is 8.64. The van der Waals surface area contributed by atoms with Crippen LogP contribution in [-0.2, 0) is 52.4 Å². The van der Waals surface area contributed by atoms with Gasteiger partial charge >= 0.3 is 29.8 Å². The molecule has 1 aromatic carbocycles. The molecule has 0 aromatic heterocycles. The zero-order chi connectivity index (χ0) is 27.7. The zero-order valence-corrected chi connectivity index (χ0v) is 22.3. The van der Waals surface area contributed by atoms with Crippen LogP contribution in [-0.4, -0.2) is 80.1 Å². The summed E-state index contributed by atoms with van der Waals surface area (Å²) in [5.41, 5.74) is 0.776. The molecule has 1 aliphatic heterocycles. The van der Waals surface area contributed by atoms with Crippen molar-refractivity contribution in [2.45, 2.75) is 69.3 Å². The monoisotopic (exact) mass is 541 g/mol. The van der Waals surface area contributed by atoms with Crippen LogP contribution in [0.4, 0.5) is 5.69 Å². The Labute approximate surface area is 218 Å². The maximum absolute atomic E-state index is 12.3. The van der Waals surface area contributed by atoms with E-state index in [1.165, 1.54) is 25.8 Å². The molecule has 1 aromatic rings. The van der Waals surface area contributed by atoms with E-state index in [2.05, 4.69) is 0 Å². The number of hydrogen-bond acceptors (Lipinski definition) is 13. The van der Waals surface area contributed by atoms with Gasteiger partial charge in [0, 0.05) is 46.6 Å². The molecular formula is C24H31NO11S. The molecule has 0 amide bonds. The predicted molar refractivity (Wildman–Crippen MR) is 129 cm³/mol. The highest BCUT2D eigenvalue weighted by Gasteiger charge is 2.50. The third-order valence-electron chi connectivity index (χ3n) is 4.97. The highest BCUT2D eigenvalue weighted by atomic mass is 32.2. The SMILES string of the molecule is COCN1c2ccccc2S[C@@H]1[C@@H](OC(C)=O)[C@@H](OC(C)=O)[C@@H](OC(C)=O)[C@@H](COC(C)=O)OC(C)=O. The number of methoxy groups -OCH3 is 1. The molecule has 0 saturated heterocycles. The second-order valence-corrected chi connectivity index (χ2v) is 9.19. The van der Waals surface area contributed by atoms with E-state index in [9.17, 15) is 24.0 Å². The Hall–Kier alpha value is -3.32. The molecule has 0 fully saturated rings. The van der Waals surface area contributed by atoms with E-state index in [1.54, 1.807) is 4.90 Å². The highest BCUT2D eigenvalue weighted by Crippen LogP contribution is 2.46. The Morgan fingerprint density at radius 3 is 1.92 bits per heavy atom. The van der Waals surface area contributed by atoms with Crippen LogP contribution in [0.2, 0.25) is 0 Å². The van der Waals surface area contributed by atoms with Gasteiger partial charge in [-0.05, 0) is 12.1 Å². The summed E-state index contributed by atoms with van der Waals surface area (Å²) in [5, 5.41) is -0.713. The first-order chi connectivity index (χ1) is 17.4. The van der Waals surface area contributed by atoms with Gasteiger partial charge in [-0.3, -0.25) is 24.0 Å². The first kappa shape index (κ1) is 29.9. The lowest BCUT2D eigenvalue weighted by Crippen LogP contribution is -2.58. The molecule has 0 spiro atoms. The fraction of sp³-hybridized carbons (Fsp3) is 0.542. The smallest absolute Gasteiger partial charge is 0.303 e. The van der Waals surface area contributed by atoms with Crippen molar-refractivity contribution in [3.8, 4) is 0 Å². The molecule has 13 heteroatoms. The summed E-state index contributed by atoms with van der Waals surface area (Å²) in [6, 6.07) is 7.37. The van der Waals surface area contributed by atoms with Crippen molar-refractivity contribution in [2.24, 2.45) is 0 Å². The van der Waals surface area contributed by atoms with Crippen molar-refractivity contribution in [3.05, 3.63) is 24.3 Å². The number of ether oxygens (including phenoxy) is 6. The molecule has 0 aliphatic carbocycles. The van der Waals surface area contributed by atoms with E-state index in [1.807, 2.05) is 24.3 Å². The van der Waals surface area contributed by atoms with Gasteiger partial charge in [-0.1, -0.05) is 23.9 Å². The van der Waals surface area contributed by atoms with Gasteiger partial charge in [0.05, 0.1) is 5.69 Å². The molecule has 0 bridgehead atoms. The topological polar surface area (TPSA) is 144 Å². The second kappa shape index (κ2) is 13.8. The summed E-state index contributed by atoms with van der Waals surface area (Å²) in [5.74, 6) is -3.76. The fourth-order valence-electron chi connectivity index (χ4n) is 3.80. The average Bonchev–Trinajstić information content (AvgIpc) is 3.15. The largest absolute Gasteiger partial charge is 0.462 e. The molecule has 0 radical (unpaired) electrons. The van der Waals surface area contributed by atoms with Crippen molar-refractivity contribution in [2.75, 3.05) is 25.3 Å². The van der Waals surface area contributed by atoms with Gasteiger partial charge in [-0.2, -0.15) is 0 Å². The van der Waals surface area contributed by atoms with Crippen molar-refractivity contribution >= 4 is 47.3 Å². The van der Waals surface area contributed by atoms with Crippen LogP contribution in [0.5, 0.6) is 0 Å².